The van der Waals surface area contributed by atoms with Crippen LogP contribution in [0.25, 0.3) is 11.1 Å². The molecular weight excluding hydrogens is 447 g/mol. The highest BCUT2D eigenvalue weighted by Gasteiger charge is 2.22. The lowest BCUT2D eigenvalue weighted by atomic mass is 9.99. The summed E-state index contributed by atoms with van der Waals surface area (Å²) in [6, 6.07) is 25.6. The Hall–Kier alpha value is -1.84. The Morgan fingerprint density at radius 2 is 1.45 bits per heavy atom. The molecule has 3 rings (SSSR count). The van der Waals surface area contributed by atoms with Crippen LogP contribution in [-0.2, 0) is 6.42 Å². The summed E-state index contributed by atoms with van der Waals surface area (Å²) in [5.41, 5.74) is 3.56. The van der Waals surface area contributed by atoms with Gasteiger partial charge in [-0.3, -0.25) is 4.79 Å². The van der Waals surface area contributed by atoms with Gasteiger partial charge in [0.1, 0.15) is 0 Å². The van der Waals surface area contributed by atoms with Crippen LogP contribution in [0.15, 0.2) is 83.3 Å². The molecular formula is C24H24BrO3P. The van der Waals surface area contributed by atoms with E-state index in [1.807, 2.05) is 66.7 Å². The zero-order valence-electron chi connectivity index (χ0n) is 16.0. The highest BCUT2D eigenvalue weighted by atomic mass is 79.9. The van der Waals surface area contributed by atoms with Gasteiger partial charge in [0.2, 0.25) is 0 Å². The van der Waals surface area contributed by atoms with Crippen molar-refractivity contribution >= 4 is 30.1 Å². The van der Waals surface area contributed by atoms with Crippen molar-refractivity contribution in [1.29, 1.82) is 0 Å². The largest absolute Gasteiger partial charge is 0.350 e. The average molecular weight is 471 g/mol. The van der Waals surface area contributed by atoms with Crippen LogP contribution in [0.2, 0.25) is 0 Å². The van der Waals surface area contributed by atoms with Crippen molar-refractivity contribution in [3.8, 4) is 11.1 Å². The summed E-state index contributed by atoms with van der Waals surface area (Å²) in [4.78, 5) is 32.2. The molecule has 2 N–H and O–H groups in total. The van der Waals surface area contributed by atoms with E-state index < -0.39 is 14.0 Å². The molecule has 0 aliphatic carbocycles. The fraction of sp³-hybridized carbons (Fsp3) is 0.208. The molecule has 0 saturated carbocycles. The number of rotatable bonds is 9. The van der Waals surface area contributed by atoms with E-state index in [1.165, 1.54) is 5.56 Å². The third kappa shape index (κ3) is 6.58. The molecule has 1 unspecified atom stereocenters. The highest BCUT2D eigenvalue weighted by Crippen LogP contribution is 2.37. The van der Waals surface area contributed by atoms with E-state index >= 15 is 0 Å². The summed E-state index contributed by atoms with van der Waals surface area (Å²) in [6.07, 6.45) is 2.47. The molecule has 5 heteroatoms. The number of aryl methyl sites for hydroxylation is 1. The van der Waals surface area contributed by atoms with Gasteiger partial charge in [-0.2, -0.15) is 0 Å². The van der Waals surface area contributed by atoms with Gasteiger partial charge in [0, 0.05) is 22.1 Å². The second-order valence-electron chi connectivity index (χ2n) is 7.06. The van der Waals surface area contributed by atoms with E-state index in [0.29, 0.717) is 12.0 Å². The van der Waals surface area contributed by atoms with Gasteiger partial charge in [-0.15, -0.1) is 0 Å². The highest BCUT2D eigenvalue weighted by molar-refractivity contribution is 9.10. The minimum Gasteiger partial charge on any atom is -0.350 e. The zero-order valence-corrected chi connectivity index (χ0v) is 18.5. The van der Waals surface area contributed by atoms with Crippen LogP contribution < -0.4 is 0 Å². The second-order valence-corrected chi connectivity index (χ2v) is 9.35. The van der Waals surface area contributed by atoms with E-state index in [0.717, 1.165) is 28.4 Å². The van der Waals surface area contributed by atoms with Gasteiger partial charge in [-0.1, -0.05) is 82.7 Å². The van der Waals surface area contributed by atoms with Crippen molar-refractivity contribution in [3.63, 3.8) is 0 Å². The smallest absolute Gasteiger partial charge is 0.168 e. The fourth-order valence-corrected chi connectivity index (χ4v) is 4.32. The predicted molar refractivity (Wildman–Crippen MR) is 123 cm³/mol. The standard InChI is InChI=1S/C24H24BrO3P/c25-22-15-13-20(14-16-22)19-9-11-21(12-10-19)24(26)17-23(29(27)28)8-4-7-18-5-2-1-3-6-18/h1-3,5-6,9-16,23,27-28H,4,7-8,17H2. The first-order valence-electron chi connectivity index (χ1n) is 9.63. The minimum absolute atomic E-state index is 0.0485. The quantitative estimate of drug-likeness (QED) is 0.281. The third-order valence-corrected chi connectivity index (χ3v) is 6.60. The van der Waals surface area contributed by atoms with Crippen molar-refractivity contribution in [1.82, 2.24) is 0 Å². The van der Waals surface area contributed by atoms with Gasteiger partial charge in [-0.05, 0) is 48.1 Å². The first kappa shape index (κ1) is 21.9. The molecule has 1 atom stereocenters. The Kier molecular flexibility index (Phi) is 8.14. The van der Waals surface area contributed by atoms with Crippen molar-refractivity contribution in [2.24, 2.45) is 0 Å². The van der Waals surface area contributed by atoms with E-state index in [-0.39, 0.29) is 12.2 Å². The summed E-state index contributed by atoms with van der Waals surface area (Å²) >= 11 is 3.43. The summed E-state index contributed by atoms with van der Waals surface area (Å²) in [5.74, 6) is -0.0485. The van der Waals surface area contributed by atoms with Gasteiger partial charge < -0.3 is 9.79 Å². The molecule has 3 aromatic rings. The van der Waals surface area contributed by atoms with Crippen molar-refractivity contribution < 1.29 is 14.6 Å². The third-order valence-electron chi connectivity index (χ3n) is 4.98. The van der Waals surface area contributed by atoms with E-state index in [1.54, 1.807) is 0 Å². The van der Waals surface area contributed by atoms with Crippen LogP contribution in [0, 0.1) is 0 Å². The Morgan fingerprint density at radius 3 is 2.03 bits per heavy atom. The SMILES string of the molecule is O=C(CC(CCCc1ccccc1)P(O)O)c1ccc(-c2ccc(Br)cc2)cc1. The molecule has 0 saturated heterocycles. The number of ketones is 1. The van der Waals surface area contributed by atoms with Gasteiger partial charge in [-0.25, -0.2) is 0 Å². The van der Waals surface area contributed by atoms with Gasteiger partial charge >= 0.3 is 0 Å². The number of halogens is 1. The van der Waals surface area contributed by atoms with E-state index in [9.17, 15) is 14.6 Å². The minimum atomic E-state index is -2.14. The number of hydrogen-bond acceptors (Lipinski definition) is 3. The second kappa shape index (κ2) is 10.8. The Bertz CT molecular complexity index is 909. The lowest BCUT2D eigenvalue weighted by molar-refractivity contribution is 0.0978. The van der Waals surface area contributed by atoms with Gasteiger partial charge in [0.05, 0.1) is 0 Å². The normalized spacial score (nSPS) is 12.1. The number of carbonyl (C=O) groups excluding carboxylic acids is 1. The van der Waals surface area contributed by atoms with Crippen molar-refractivity contribution in [2.45, 2.75) is 31.3 Å². The lowest BCUT2D eigenvalue weighted by Crippen LogP contribution is -2.13. The van der Waals surface area contributed by atoms with Crippen LogP contribution in [0.1, 0.15) is 35.2 Å². The number of carbonyl (C=O) groups is 1. The van der Waals surface area contributed by atoms with Crippen molar-refractivity contribution in [3.05, 3.63) is 94.5 Å². The van der Waals surface area contributed by atoms with Crippen LogP contribution in [-0.4, -0.2) is 21.2 Å². The summed E-state index contributed by atoms with van der Waals surface area (Å²) in [6.45, 7) is 0. The fourth-order valence-electron chi connectivity index (χ4n) is 3.31. The maximum absolute atomic E-state index is 12.7. The molecule has 0 spiro atoms. The van der Waals surface area contributed by atoms with Gasteiger partial charge in [0.25, 0.3) is 0 Å². The number of benzene rings is 3. The maximum Gasteiger partial charge on any atom is 0.168 e. The average Bonchev–Trinajstić information content (AvgIpc) is 2.74. The van der Waals surface area contributed by atoms with Crippen LogP contribution in [0.5, 0.6) is 0 Å². The Labute approximate surface area is 181 Å². The molecule has 0 aromatic heterocycles. The molecule has 0 heterocycles. The van der Waals surface area contributed by atoms with Crippen LogP contribution >= 0.6 is 24.3 Å². The Morgan fingerprint density at radius 1 is 0.862 bits per heavy atom. The molecule has 150 valence electrons. The first-order valence-corrected chi connectivity index (χ1v) is 11.7. The van der Waals surface area contributed by atoms with E-state index in [2.05, 4.69) is 28.1 Å². The molecule has 3 aromatic carbocycles. The monoisotopic (exact) mass is 470 g/mol. The lowest BCUT2D eigenvalue weighted by Gasteiger charge is -2.17. The predicted octanol–water partition coefficient (Wildman–Crippen LogP) is 6.38. The topological polar surface area (TPSA) is 57.5 Å². The maximum atomic E-state index is 12.7. The summed E-state index contributed by atoms with van der Waals surface area (Å²) in [7, 11) is -2.14. The van der Waals surface area contributed by atoms with Gasteiger partial charge in [0.15, 0.2) is 14.2 Å². The molecule has 0 amide bonds. The molecule has 0 bridgehead atoms. The molecule has 0 fully saturated rings. The summed E-state index contributed by atoms with van der Waals surface area (Å²) < 4.78 is 1.02. The molecule has 29 heavy (non-hydrogen) atoms. The van der Waals surface area contributed by atoms with E-state index in [4.69, 9.17) is 0 Å². The number of hydrogen-bond donors (Lipinski definition) is 2. The first-order chi connectivity index (χ1) is 14.0. The van der Waals surface area contributed by atoms with Crippen LogP contribution in [0.3, 0.4) is 0 Å². The summed E-state index contributed by atoms with van der Waals surface area (Å²) in [5, 5.41) is 0. The molecule has 0 aliphatic heterocycles. The Balaban J connectivity index is 1.58. The zero-order chi connectivity index (χ0) is 20.6. The van der Waals surface area contributed by atoms with Crippen molar-refractivity contribution in [2.75, 3.05) is 0 Å². The van der Waals surface area contributed by atoms with Crippen LogP contribution in [0.4, 0.5) is 0 Å². The molecule has 0 radical (unpaired) electrons. The molecule has 3 nitrogen and oxygen atoms in total. The molecule has 0 aliphatic rings. The number of Topliss-reactive ketones (excluding diaryl/α,β-unsaturated/α-hetero) is 1.